The number of nitrogens with one attached hydrogen (secondary N) is 1. The lowest BCUT2D eigenvalue weighted by Crippen LogP contribution is -2.31. The fourth-order valence-electron chi connectivity index (χ4n) is 4.61. The summed E-state index contributed by atoms with van der Waals surface area (Å²) in [7, 11) is 0. The summed E-state index contributed by atoms with van der Waals surface area (Å²) in [5.74, 6) is 0.827. The standard InChI is InChI=1S/C28H25F3N4O2/c1-17-9-10-21-23(13-17)33-25(22-7-2-3-8-24(22)36)34-26(21)35-12-11-18(16-35)15-32-27(37)19-5-4-6-20(14-19)28(29,30)31/h2-10,13-14,18,36H,11-12,15-16H2,1H3,(H,32,37). The monoisotopic (exact) mass is 506 g/mol. The van der Waals surface area contributed by atoms with Crippen LogP contribution in [0.25, 0.3) is 22.3 Å². The van der Waals surface area contributed by atoms with E-state index in [1.807, 2.05) is 31.2 Å². The van der Waals surface area contributed by atoms with Crippen LogP contribution in [0.5, 0.6) is 5.75 Å². The van der Waals surface area contributed by atoms with E-state index in [-0.39, 0.29) is 17.2 Å². The summed E-state index contributed by atoms with van der Waals surface area (Å²) in [5, 5.41) is 14.0. The van der Waals surface area contributed by atoms with Crippen molar-refractivity contribution in [1.82, 2.24) is 15.3 Å². The molecule has 1 aliphatic heterocycles. The molecule has 1 aromatic heterocycles. The van der Waals surface area contributed by atoms with Crippen molar-refractivity contribution in [1.29, 1.82) is 0 Å². The molecule has 2 N–H and O–H groups in total. The summed E-state index contributed by atoms with van der Waals surface area (Å²) < 4.78 is 39.0. The number of aromatic nitrogens is 2. The Morgan fingerprint density at radius 3 is 2.68 bits per heavy atom. The molecule has 1 atom stereocenters. The van der Waals surface area contributed by atoms with Crippen molar-refractivity contribution in [3.63, 3.8) is 0 Å². The molecule has 1 aliphatic rings. The molecule has 190 valence electrons. The first-order chi connectivity index (χ1) is 17.7. The third kappa shape index (κ3) is 5.21. The number of benzene rings is 3. The van der Waals surface area contributed by atoms with E-state index in [1.54, 1.807) is 18.2 Å². The smallest absolute Gasteiger partial charge is 0.416 e. The zero-order chi connectivity index (χ0) is 26.2. The van der Waals surface area contributed by atoms with Gasteiger partial charge >= 0.3 is 6.18 Å². The Bertz CT molecular complexity index is 1470. The van der Waals surface area contributed by atoms with Crippen LogP contribution >= 0.6 is 0 Å². The van der Waals surface area contributed by atoms with E-state index in [0.29, 0.717) is 31.0 Å². The Balaban J connectivity index is 1.35. The number of amides is 1. The van der Waals surface area contributed by atoms with Gasteiger partial charge in [0, 0.05) is 30.6 Å². The number of aromatic hydroxyl groups is 1. The second kappa shape index (κ2) is 9.72. The summed E-state index contributed by atoms with van der Waals surface area (Å²) in [6.07, 6.45) is -3.72. The number of para-hydroxylation sites is 1. The molecule has 2 heterocycles. The number of alkyl halides is 3. The molecule has 4 aromatic rings. The topological polar surface area (TPSA) is 78.4 Å². The highest BCUT2D eigenvalue weighted by molar-refractivity contribution is 5.94. The van der Waals surface area contributed by atoms with Crippen LogP contribution in [0.2, 0.25) is 0 Å². The lowest BCUT2D eigenvalue weighted by atomic mass is 10.1. The van der Waals surface area contributed by atoms with Gasteiger partial charge in [-0.25, -0.2) is 9.97 Å². The molecule has 0 saturated carbocycles. The summed E-state index contributed by atoms with van der Waals surface area (Å²) >= 11 is 0. The largest absolute Gasteiger partial charge is 0.507 e. The van der Waals surface area contributed by atoms with Crippen molar-refractivity contribution in [3.05, 3.63) is 83.4 Å². The Labute approximate surface area is 211 Å². The van der Waals surface area contributed by atoms with Gasteiger partial charge in [0.1, 0.15) is 11.6 Å². The van der Waals surface area contributed by atoms with E-state index in [1.165, 1.54) is 12.1 Å². The predicted octanol–water partition coefficient (Wildman–Crippen LogP) is 5.59. The molecule has 37 heavy (non-hydrogen) atoms. The highest BCUT2D eigenvalue weighted by atomic mass is 19.4. The van der Waals surface area contributed by atoms with Crippen LogP contribution in [0.15, 0.2) is 66.7 Å². The molecule has 1 unspecified atom stereocenters. The van der Waals surface area contributed by atoms with Crippen LogP contribution in [0.1, 0.15) is 27.9 Å². The minimum atomic E-state index is -4.50. The van der Waals surface area contributed by atoms with Crippen LogP contribution in [-0.2, 0) is 6.18 Å². The fraction of sp³-hybridized carbons (Fsp3) is 0.250. The number of aryl methyl sites for hydroxylation is 1. The van der Waals surface area contributed by atoms with Crippen molar-refractivity contribution >= 4 is 22.6 Å². The van der Waals surface area contributed by atoms with Crippen molar-refractivity contribution in [3.8, 4) is 17.1 Å². The van der Waals surface area contributed by atoms with Gasteiger partial charge in [-0.3, -0.25) is 4.79 Å². The quantitative estimate of drug-likeness (QED) is 0.369. The zero-order valence-electron chi connectivity index (χ0n) is 20.1. The number of carbonyl (C=O) groups excluding carboxylic acids is 1. The van der Waals surface area contributed by atoms with Crippen LogP contribution in [-0.4, -0.2) is 40.6 Å². The normalized spacial score (nSPS) is 15.8. The molecule has 1 saturated heterocycles. The first-order valence-corrected chi connectivity index (χ1v) is 12.0. The molecular formula is C28H25F3N4O2. The van der Waals surface area contributed by atoms with E-state index in [0.717, 1.165) is 40.8 Å². The van der Waals surface area contributed by atoms with Crippen LogP contribution in [0.4, 0.5) is 19.0 Å². The van der Waals surface area contributed by atoms with Gasteiger partial charge in [-0.15, -0.1) is 0 Å². The van der Waals surface area contributed by atoms with Gasteiger partial charge in [-0.05, 0) is 67.3 Å². The van der Waals surface area contributed by atoms with E-state index in [2.05, 4.69) is 10.2 Å². The average molecular weight is 507 g/mol. The predicted molar refractivity (Wildman–Crippen MR) is 135 cm³/mol. The van der Waals surface area contributed by atoms with Gasteiger partial charge in [-0.1, -0.05) is 24.3 Å². The van der Waals surface area contributed by atoms with Gasteiger partial charge < -0.3 is 15.3 Å². The molecule has 0 radical (unpaired) electrons. The summed E-state index contributed by atoms with van der Waals surface area (Å²) in [6.45, 7) is 3.63. The molecule has 0 aliphatic carbocycles. The molecule has 6 nitrogen and oxygen atoms in total. The van der Waals surface area contributed by atoms with Gasteiger partial charge in [0.2, 0.25) is 0 Å². The number of phenols is 1. The molecule has 1 fully saturated rings. The Morgan fingerprint density at radius 2 is 1.89 bits per heavy atom. The summed E-state index contributed by atoms with van der Waals surface area (Å²) in [6, 6.07) is 17.3. The second-order valence-electron chi connectivity index (χ2n) is 9.30. The fourth-order valence-corrected chi connectivity index (χ4v) is 4.61. The molecule has 0 bridgehead atoms. The lowest BCUT2D eigenvalue weighted by molar-refractivity contribution is -0.137. The molecule has 0 spiro atoms. The van der Waals surface area contributed by atoms with Gasteiger partial charge in [0.15, 0.2) is 5.82 Å². The Kier molecular flexibility index (Phi) is 6.45. The minimum Gasteiger partial charge on any atom is -0.507 e. The lowest BCUT2D eigenvalue weighted by Gasteiger charge is -2.21. The van der Waals surface area contributed by atoms with E-state index in [4.69, 9.17) is 9.97 Å². The first kappa shape index (κ1) is 24.5. The van der Waals surface area contributed by atoms with Crippen molar-refractivity contribution < 1.29 is 23.1 Å². The van der Waals surface area contributed by atoms with E-state index >= 15 is 0 Å². The highest BCUT2D eigenvalue weighted by Gasteiger charge is 2.31. The number of halogens is 3. The summed E-state index contributed by atoms with van der Waals surface area (Å²) in [5.41, 5.74) is 1.49. The number of nitrogens with zero attached hydrogens (tertiary/aromatic N) is 3. The zero-order valence-corrected chi connectivity index (χ0v) is 20.1. The van der Waals surface area contributed by atoms with Crippen LogP contribution in [0.3, 0.4) is 0 Å². The van der Waals surface area contributed by atoms with Crippen LogP contribution < -0.4 is 10.2 Å². The second-order valence-corrected chi connectivity index (χ2v) is 9.30. The van der Waals surface area contributed by atoms with Crippen molar-refractivity contribution in [2.75, 3.05) is 24.5 Å². The van der Waals surface area contributed by atoms with Gasteiger partial charge in [0.25, 0.3) is 5.91 Å². The third-order valence-electron chi connectivity index (χ3n) is 6.57. The number of rotatable bonds is 5. The average Bonchev–Trinajstić information content (AvgIpc) is 3.35. The number of fused-ring (bicyclic) bond motifs is 1. The third-order valence-corrected chi connectivity index (χ3v) is 6.57. The number of phenolic OH excluding ortho intramolecular Hbond substituents is 1. The van der Waals surface area contributed by atoms with Crippen molar-refractivity contribution in [2.45, 2.75) is 19.5 Å². The van der Waals surface area contributed by atoms with Crippen molar-refractivity contribution in [2.24, 2.45) is 5.92 Å². The SMILES string of the molecule is Cc1ccc2c(N3CCC(CNC(=O)c4cccc(C(F)(F)F)c4)C3)nc(-c3ccccc3O)nc2c1. The van der Waals surface area contributed by atoms with Gasteiger partial charge in [-0.2, -0.15) is 13.2 Å². The maximum atomic E-state index is 13.0. The first-order valence-electron chi connectivity index (χ1n) is 12.0. The Hall–Kier alpha value is -4.14. The summed E-state index contributed by atoms with van der Waals surface area (Å²) in [4.78, 5) is 24.2. The highest BCUT2D eigenvalue weighted by Crippen LogP contribution is 2.34. The van der Waals surface area contributed by atoms with E-state index in [9.17, 15) is 23.1 Å². The minimum absolute atomic E-state index is 0.0193. The molecular weight excluding hydrogens is 481 g/mol. The number of carbonyl (C=O) groups is 1. The number of hydrogen-bond acceptors (Lipinski definition) is 5. The molecule has 1 amide bonds. The number of anilines is 1. The van der Waals surface area contributed by atoms with E-state index < -0.39 is 17.6 Å². The molecule has 3 aromatic carbocycles. The maximum absolute atomic E-state index is 13.0. The molecule has 9 heteroatoms. The maximum Gasteiger partial charge on any atom is 0.416 e. The number of hydrogen-bond donors (Lipinski definition) is 2. The van der Waals surface area contributed by atoms with Gasteiger partial charge in [0.05, 0.1) is 16.6 Å². The molecule has 5 rings (SSSR count). The Morgan fingerprint density at radius 1 is 1.08 bits per heavy atom. The van der Waals surface area contributed by atoms with Crippen LogP contribution in [0, 0.1) is 12.8 Å².